The lowest BCUT2D eigenvalue weighted by Gasteiger charge is -2.09. The largest absolute Gasteiger partial charge is 0.320 e. The highest BCUT2D eigenvalue weighted by Crippen LogP contribution is 2.15. The van der Waals surface area contributed by atoms with Crippen LogP contribution in [0.5, 0.6) is 0 Å². The van der Waals surface area contributed by atoms with Crippen LogP contribution in [-0.2, 0) is 5.88 Å². The van der Waals surface area contributed by atoms with Crippen molar-refractivity contribution in [3.63, 3.8) is 0 Å². The van der Waals surface area contributed by atoms with E-state index in [0.717, 1.165) is 22.6 Å². The molecule has 0 atom stereocenters. The minimum atomic E-state index is -0.152. The summed E-state index contributed by atoms with van der Waals surface area (Å²) in [7, 11) is 0. The van der Waals surface area contributed by atoms with E-state index in [9.17, 15) is 4.79 Å². The van der Waals surface area contributed by atoms with Crippen LogP contribution < -0.4 is 5.32 Å². The van der Waals surface area contributed by atoms with E-state index in [0.29, 0.717) is 11.4 Å². The van der Waals surface area contributed by atoms with Crippen LogP contribution in [0.3, 0.4) is 0 Å². The van der Waals surface area contributed by atoms with Gasteiger partial charge in [0.05, 0.1) is 11.4 Å². The van der Waals surface area contributed by atoms with Crippen LogP contribution in [0.2, 0.25) is 0 Å². The van der Waals surface area contributed by atoms with Gasteiger partial charge in [0.2, 0.25) is 0 Å². The molecule has 1 aromatic carbocycles. The quantitative estimate of drug-likeness (QED) is 0.868. The summed E-state index contributed by atoms with van der Waals surface area (Å²) in [4.78, 5) is 16.5. The van der Waals surface area contributed by atoms with Gasteiger partial charge in [-0.15, -0.1) is 11.6 Å². The molecular weight excluding hydrogens is 260 g/mol. The second-order valence-corrected chi connectivity index (χ2v) is 4.64. The van der Waals surface area contributed by atoms with Crippen LogP contribution in [-0.4, -0.2) is 10.9 Å². The number of carbonyl (C=O) groups is 1. The number of hydrogen-bond donors (Lipinski definition) is 1. The fraction of sp³-hybridized carbons (Fsp3) is 0.200. The molecule has 1 aromatic heterocycles. The average molecular weight is 275 g/mol. The van der Waals surface area contributed by atoms with Crippen LogP contribution in [0.15, 0.2) is 36.4 Å². The summed E-state index contributed by atoms with van der Waals surface area (Å²) in [6.07, 6.45) is 0. The fourth-order valence-electron chi connectivity index (χ4n) is 1.81. The minimum absolute atomic E-state index is 0.152. The Morgan fingerprint density at radius 3 is 2.74 bits per heavy atom. The molecule has 0 spiro atoms. The van der Waals surface area contributed by atoms with Gasteiger partial charge in [0, 0.05) is 17.1 Å². The molecule has 0 aliphatic heterocycles. The van der Waals surface area contributed by atoms with Crippen LogP contribution in [0, 0.1) is 13.8 Å². The number of benzene rings is 1. The summed E-state index contributed by atoms with van der Waals surface area (Å²) < 4.78 is 0. The first-order valence-corrected chi connectivity index (χ1v) is 6.54. The van der Waals surface area contributed by atoms with E-state index >= 15 is 0 Å². The van der Waals surface area contributed by atoms with Gasteiger partial charge < -0.3 is 5.32 Å². The number of nitrogens with one attached hydrogen (secondary N) is 1. The van der Waals surface area contributed by atoms with Crippen molar-refractivity contribution >= 4 is 23.2 Å². The monoisotopic (exact) mass is 274 g/mol. The Balaban J connectivity index is 2.20. The number of halogens is 1. The Morgan fingerprint density at radius 2 is 2.05 bits per heavy atom. The smallest absolute Gasteiger partial charge is 0.255 e. The zero-order valence-electron chi connectivity index (χ0n) is 10.9. The second-order valence-electron chi connectivity index (χ2n) is 4.37. The standard InChI is InChI=1S/C15H15ClN2O/c1-10-6-7-14(11(2)17-10)18-15(19)13-5-3-4-12(8-13)9-16/h3-8H,9H2,1-2H3,(H,18,19). The maximum absolute atomic E-state index is 12.1. The molecule has 3 nitrogen and oxygen atoms in total. The van der Waals surface area contributed by atoms with Crippen LogP contribution in [0.25, 0.3) is 0 Å². The van der Waals surface area contributed by atoms with Gasteiger partial charge in [0.1, 0.15) is 0 Å². The normalized spacial score (nSPS) is 10.3. The van der Waals surface area contributed by atoms with Gasteiger partial charge in [0.25, 0.3) is 5.91 Å². The van der Waals surface area contributed by atoms with E-state index in [4.69, 9.17) is 11.6 Å². The summed E-state index contributed by atoms with van der Waals surface area (Å²) in [5, 5.41) is 2.86. The third-order valence-corrected chi connectivity index (χ3v) is 3.13. The summed E-state index contributed by atoms with van der Waals surface area (Å²) in [5.74, 6) is 0.243. The van der Waals surface area contributed by atoms with Gasteiger partial charge in [-0.05, 0) is 43.7 Å². The Kier molecular flexibility index (Phi) is 4.17. The van der Waals surface area contributed by atoms with Crippen molar-refractivity contribution in [1.29, 1.82) is 0 Å². The molecule has 19 heavy (non-hydrogen) atoms. The Hall–Kier alpha value is -1.87. The zero-order valence-corrected chi connectivity index (χ0v) is 11.7. The molecular formula is C15H15ClN2O. The highest BCUT2D eigenvalue weighted by atomic mass is 35.5. The third kappa shape index (κ3) is 3.32. The van der Waals surface area contributed by atoms with E-state index in [2.05, 4.69) is 10.3 Å². The molecule has 1 heterocycles. The second kappa shape index (κ2) is 5.85. The maximum atomic E-state index is 12.1. The minimum Gasteiger partial charge on any atom is -0.320 e. The number of carbonyl (C=O) groups excluding carboxylic acids is 1. The van der Waals surface area contributed by atoms with Crippen LogP contribution >= 0.6 is 11.6 Å². The van der Waals surface area contributed by atoms with Gasteiger partial charge in [-0.3, -0.25) is 9.78 Å². The highest BCUT2D eigenvalue weighted by Gasteiger charge is 2.08. The highest BCUT2D eigenvalue weighted by molar-refractivity contribution is 6.17. The molecule has 0 unspecified atom stereocenters. The molecule has 0 fully saturated rings. The average Bonchev–Trinajstić information content (AvgIpc) is 2.42. The lowest BCUT2D eigenvalue weighted by atomic mass is 10.1. The number of aromatic nitrogens is 1. The van der Waals surface area contributed by atoms with Gasteiger partial charge in [0.15, 0.2) is 0 Å². The summed E-state index contributed by atoms with van der Waals surface area (Å²) in [6.45, 7) is 3.79. The Labute approximate surface area is 117 Å². The van der Waals surface area contributed by atoms with Gasteiger partial charge >= 0.3 is 0 Å². The SMILES string of the molecule is Cc1ccc(NC(=O)c2cccc(CCl)c2)c(C)n1. The summed E-state index contributed by atoms with van der Waals surface area (Å²) in [5.41, 5.74) is 3.99. The molecule has 2 aromatic rings. The molecule has 4 heteroatoms. The van der Waals surface area contributed by atoms with Crippen molar-refractivity contribution in [2.75, 3.05) is 5.32 Å². The maximum Gasteiger partial charge on any atom is 0.255 e. The van der Waals surface area contributed by atoms with E-state index in [1.165, 1.54) is 0 Å². The topological polar surface area (TPSA) is 42.0 Å². The lowest BCUT2D eigenvalue weighted by molar-refractivity contribution is 0.102. The molecule has 0 radical (unpaired) electrons. The van der Waals surface area contributed by atoms with Crippen molar-refractivity contribution in [3.05, 3.63) is 58.9 Å². The van der Waals surface area contributed by atoms with E-state index in [1.54, 1.807) is 12.1 Å². The molecule has 0 aliphatic rings. The van der Waals surface area contributed by atoms with Crippen LogP contribution in [0.4, 0.5) is 5.69 Å². The Bertz CT molecular complexity index is 611. The third-order valence-electron chi connectivity index (χ3n) is 2.82. The van der Waals surface area contributed by atoms with E-state index in [1.807, 2.05) is 38.1 Å². The van der Waals surface area contributed by atoms with Gasteiger partial charge in [-0.25, -0.2) is 0 Å². The first-order valence-electron chi connectivity index (χ1n) is 6.00. The molecule has 1 N–H and O–H groups in total. The first kappa shape index (κ1) is 13.6. The first-order chi connectivity index (χ1) is 9.10. The van der Waals surface area contributed by atoms with Crippen molar-refractivity contribution in [2.45, 2.75) is 19.7 Å². The van der Waals surface area contributed by atoms with Crippen LogP contribution in [0.1, 0.15) is 27.3 Å². The fourth-order valence-corrected chi connectivity index (χ4v) is 1.98. The molecule has 0 saturated heterocycles. The van der Waals surface area contributed by atoms with E-state index < -0.39 is 0 Å². The number of pyridine rings is 1. The van der Waals surface area contributed by atoms with Gasteiger partial charge in [-0.2, -0.15) is 0 Å². The summed E-state index contributed by atoms with van der Waals surface area (Å²) in [6, 6.07) is 11.0. The van der Waals surface area contributed by atoms with Crippen molar-refractivity contribution in [1.82, 2.24) is 4.98 Å². The molecule has 1 amide bonds. The van der Waals surface area contributed by atoms with Crippen molar-refractivity contribution < 1.29 is 4.79 Å². The molecule has 2 rings (SSSR count). The number of rotatable bonds is 3. The van der Waals surface area contributed by atoms with Crippen molar-refractivity contribution in [2.24, 2.45) is 0 Å². The number of amides is 1. The molecule has 0 saturated carbocycles. The summed E-state index contributed by atoms with van der Waals surface area (Å²) >= 11 is 5.76. The molecule has 0 bridgehead atoms. The number of nitrogens with zero attached hydrogens (tertiary/aromatic N) is 1. The number of alkyl halides is 1. The van der Waals surface area contributed by atoms with E-state index in [-0.39, 0.29) is 5.91 Å². The molecule has 98 valence electrons. The Morgan fingerprint density at radius 1 is 1.26 bits per heavy atom. The predicted molar refractivity (Wildman–Crippen MR) is 77.7 cm³/mol. The number of anilines is 1. The zero-order chi connectivity index (χ0) is 13.8. The predicted octanol–water partition coefficient (Wildman–Crippen LogP) is 3.69. The number of aryl methyl sites for hydroxylation is 2. The number of hydrogen-bond acceptors (Lipinski definition) is 2. The lowest BCUT2D eigenvalue weighted by Crippen LogP contribution is -2.13. The van der Waals surface area contributed by atoms with Crippen molar-refractivity contribution in [3.8, 4) is 0 Å². The molecule has 0 aliphatic carbocycles. The van der Waals surface area contributed by atoms with Gasteiger partial charge in [-0.1, -0.05) is 12.1 Å².